The highest BCUT2D eigenvalue weighted by Crippen LogP contribution is 2.30. The average molecular weight is 270 g/mol. The molecule has 0 fully saturated rings. The molecule has 20 heavy (non-hydrogen) atoms. The Morgan fingerprint density at radius 1 is 1.10 bits per heavy atom. The number of ether oxygens (including phenoxy) is 1. The third-order valence-corrected chi connectivity index (χ3v) is 3.71. The predicted octanol–water partition coefficient (Wildman–Crippen LogP) is 3.32. The smallest absolute Gasteiger partial charge is 0.122 e. The van der Waals surface area contributed by atoms with Crippen LogP contribution in [0.25, 0.3) is 0 Å². The topological polar surface area (TPSA) is 34.1 Å². The Hall–Kier alpha value is -1.87. The number of methoxy groups -OCH3 is 1. The third-order valence-electron chi connectivity index (χ3n) is 3.71. The molecular weight excluding hydrogens is 248 g/mol. The zero-order chi connectivity index (χ0) is 14.7. The van der Waals surface area contributed by atoms with Crippen LogP contribution in [0.1, 0.15) is 34.0 Å². The van der Waals surface area contributed by atoms with E-state index >= 15 is 0 Å². The summed E-state index contributed by atoms with van der Waals surface area (Å²) >= 11 is 0. The van der Waals surface area contributed by atoms with Crippen LogP contribution in [0.5, 0.6) is 5.75 Å². The summed E-state index contributed by atoms with van der Waals surface area (Å²) in [7, 11) is 3.68. The van der Waals surface area contributed by atoms with E-state index in [1.165, 1.54) is 16.7 Å². The quantitative estimate of drug-likeness (QED) is 0.925. The number of hydrogen-bond acceptors (Lipinski definition) is 3. The van der Waals surface area contributed by atoms with Gasteiger partial charge in [0.25, 0.3) is 0 Å². The Labute approximate surface area is 121 Å². The Bertz CT molecular complexity index is 608. The Morgan fingerprint density at radius 3 is 2.45 bits per heavy atom. The molecule has 106 valence electrons. The van der Waals surface area contributed by atoms with Crippen LogP contribution < -0.4 is 10.1 Å². The SMILES string of the molecule is CNC(c1cc(C)c(OC)cc1C)c1ncccc1C. The van der Waals surface area contributed by atoms with Crippen LogP contribution in [0.4, 0.5) is 0 Å². The number of rotatable bonds is 4. The van der Waals surface area contributed by atoms with Crippen molar-refractivity contribution in [2.24, 2.45) is 0 Å². The molecule has 0 amide bonds. The molecule has 0 bridgehead atoms. The van der Waals surface area contributed by atoms with E-state index in [2.05, 4.69) is 49.3 Å². The molecule has 0 aliphatic rings. The first-order valence-corrected chi connectivity index (χ1v) is 6.82. The Morgan fingerprint density at radius 2 is 1.85 bits per heavy atom. The monoisotopic (exact) mass is 270 g/mol. The fourth-order valence-electron chi connectivity index (χ4n) is 2.58. The van der Waals surface area contributed by atoms with Crippen molar-refractivity contribution in [3.8, 4) is 5.75 Å². The van der Waals surface area contributed by atoms with Crippen LogP contribution in [0.2, 0.25) is 0 Å². The van der Waals surface area contributed by atoms with Crippen molar-refractivity contribution in [2.45, 2.75) is 26.8 Å². The van der Waals surface area contributed by atoms with Crippen molar-refractivity contribution in [3.63, 3.8) is 0 Å². The first kappa shape index (κ1) is 14.5. The van der Waals surface area contributed by atoms with Gasteiger partial charge in [-0.2, -0.15) is 0 Å². The number of nitrogens with zero attached hydrogens (tertiary/aromatic N) is 1. The van der Waals surface area contributed by atoms with Crippen LogP contribution in [0, 0.1) is 20.8 Å². The fraction of sp³-hybridized carbons (Fsp3) is 0.353. The summed E-state index contributed by atoms with van der Waals surface area (Å²) < 4.78 is 5.39. The predicted molar refractivity (Wildman–Crippen MR) is 82.3 cm³/mol. The van der Waals surface area contributed by atoms with Crippen LogP contribution >= 0.6 is 0 Å². The summed E-state index contributed by atoms with van der Waals surface area (Å²) in [4.78, 5) is 4.55. The lowest BCUT2D eigenvalue weighted by atomic mass is 9.94. The molecule has 0 aliphatic heterocycles. The molecule has 1 atom stereocenters. The molecule has 1 N–H and O–H groups in total. The van der Waals surface area contributed by atoms with Gasteiger partial charge in [-0.1, -0.05) is 12.1 Å². The van der Waals surface area contributed by atoms with Crippen molar-refractivity contribution in [1.82, 2.24) is 10.3 Å². The van der Waals surface area contributed by atoms with Crippen molar-refractivity contribution in [1.29, 1.82) is 0 Å². The van der Waals surface area contributed by atoms with Gasteiger partial charge in [0.2, 0.25) is 0 Å². The second-order valence-electron chi connectivity index (χ2n) is 5.11. The highest BCUT2D eigenvalue weighted by Gasteiger charge is 2.18. The summed E-state index contributed by atoms with van der Waals surface area (Å²) in [5.74, 6) is 0.929. The normalized spacial score (nSPS) is 12.2. The van der Waals surface area contributed by atoms with Gasteiger partial charge in [-0.05, 0) is 62.2 Å². The van der Waals surface area contributed by atoms with Crippen molar-refractivity contribution in [3.05, 3.63) is 58.4 Å². The third kappa shape index (κ3) is 2.68. The number of aromatic nitrogens is 1. The van der Waals surface area contributed by atoms with Gasteiger partial charge in [0, 0.05) is 6.20 Å². The molecule has 1 heterocycles. The molecule has 2 rings (SSSR count). The van der Waals surface area contributed by atoms with E-state index in [1.54, 1.807) is 7.11 Å². The van der Waals surface area contributed by atoms with Gasteiger partial charge < -0.3 is 10.1 Å². The molecular formula is C17H22N2O. The molecule has 0 aliphatic carbocycles. The van der Waals surface area contributed by atoms with E-state index < -0.39 is 0 Å². The van der Waals surface area contributed by atoms with Crippen LogP contribution in [-0.2, 0) is 0 Å². The summed E-state index contributed by atoms with van der Waals surface area (Å²) in [5.41, 5.74) is 5.86. The standard InChI is InChI=1S/C17H22N2O/c1-11-7-6-8-19-16(11)17(18-4)14-9-13(3)15(20-5)10-12(14)2/h6-10,17-18H,1-5H3. The van der Waals surface area contributed by atoms with Crippen molar-refractivity contribution >= 4 is 0 Å². The largest absolute Gasteiger partial charge is 0.496 e. The maximum absolute atomic E-state index is 5.39. The molecule has 3 nitrogen and oxygen atoms in total. The fourth-order valence-corrected chi connectivity index (χ4v) is 2.58. The molecule has 0 saturated carbocycles. The van der Waals surface area contributed by atoms with Crippen molar-refractivity contribution < 1.29 is 4.74 Å². The van der Waals surface area contributed by atoms with Crippen LogP contribution in [0.3, 0.4) is 0 Å². The number of hydrogen-bond donors (Lipinski definition) is 1. The second kappa shape index (κ2) is 6.06. The van der Waals surface area contributed by atoms with Gasteiger partial charge in [-0.3, -0.25) is 4.98 Å². The minimum Gasteiger partial charge on any atom is -0.496 e. The van der Waals surface area contributed by atoms with Gasteiger partial charge in [-0.15, -0.1) is 0 Å². The number of aryl methyl sites for hydroxylation is 3. The first-order chi connectivity index (χ1) is 9.58. The Balaban J connectivity index is 2.53. The number of nitrogens with one attached hydrogen (secondary N) is 1. The number of benzene rings is 1. The van der Waals surface area contributed by atoms with E-state index in [1.807, 2.05) is 19.3 Å². The summed E-state index contributed by atoms with van der Waals surface area (Å²) in [6, 6.07) is 8.44. The molecule has 0 radical (unpaired) electrons. The molecule has 0 spiro atoms. The lowest BCUT2D eigenvalue weighted by Gasteiger charge is -2.21. The van der Waals surface area contributed by atoms with E-state index in [4.69, 9.17) is 4.74 Å². The van der Waals surface area contributed by atoms with Gasteiger partial charge in [0.15, 0.2) is 0 Å². The highest BCUT2D eigenvalue weighted by atomic mass is 16.5. The maximum Gasteiger partial charge on any atom is 0.122 e. The van der Waals surface area contributed by atoms with Gasteiger partial charge in [0.05, 0.1) is 18.8 Å². The van der Waals surface area contributed by atoms with Crippen LogP contribution in [0.15, 0.2) is 30.5 Å². The maximum atomic E-state index is 5.39. The van der Waals surface area contributed by atoms with E-state index in [0.29, 0.717) is 0 Å². The van der Waals surface area contributed by atoms with Gasteiger partial charge in [0.1, 0.15) is 5.75 Å². The van der Waals surface area contributed by atoms with Gasteiger partial charge >= 0.3 is 0 Å². The molecule has 3 heteroatoms. The minimum atomic E-state index is 0.0980. The van der Waals surface area contributed by atoms with Gasteiger partial charge in [-0.25, -0.2) is 0 Å². The lowest BCUT2D eigenvalue weighted by molar-refractivity contribution is 0.411. The van der Waals surface area contributed by atoms with E-state index in [0.717, 1.165) is 17.0 Å². The molecule has 1 aromatic carbocycles. The second-order valence-corrected chi connectivity index (χ2v) is 5.11. The lowest BCUT2D eigenvalue weighted by Crippen LogP contribution is -2.21. The van der Waals surface area contributed by atoms with Crippen LogP contribution in [-0.4, -0.2) is 19.1 Å². The molecule has 2 aromatic rings. The summed E-state index contributed by atoms with van der Waals surface area (Å²) in [6.07, 6.45) is 1.85. The van der Waals surface area contributed by atoms with Crippen molar-refractivity contribution in [2.75, 3.05) is 14.2 Å². The molecule has 1 aromatic heterocycles. The average Bonchev–Trinajstić information content (AvgIpc) is 2.45. The zero-order valence-corrected chi connectivity index (χ0v) is 12.8. The molecule has 1 unspecified atom stereocenters. The first-order valence-electron chi connectivity index (χ1n) is 6.82. The zero-order valence-electron chi connectivity index (χ0n) is 12.8. The summed E-state index contributed by atoms with van der Waals surface area (Å²) in [5, 5.41) is 3.38. The Kier molecular flexibility index (Phi) is 4.40. The summed E-state index contributed by atoms with van der Waals surface area (Å²) in [6.45, 7) is 6.28. The minimum absolute atomic E-state index is 0.0980. The van der Waals surface area contributed by atoms with E-state index in [9.17, 15) is 0 Å². The molecule has 0 saturated heterocycles. The highest BCUT2D eigenvalue weighted by molar-refractivity contribution is 5.45. The number of pyridine rings is 1. The van der Waals surface area contributed by atoms with E-state index in [-0.39, 0.29) is 6.04 Å².